The zero-order valence-electron chi connectivity index (χ0n) is 19.6. The first-order chi connectivity index (χ1) is 16.7. The Hall–Kier alpha value is -3.36. The fraction of sp³-hybridized carbons (Fsp3) is 0.231. The van der Waals surface area contributed by atoms with Gasteiger partial charge in [0, 0.05) is 25.0 Å². The molecule has 3 aromatic rings. The topological polar surface area (TPSA) is 86.8 Å². The second kappa shape index (κ2) is 11.9. The number of nitrogens with zero attached hydrogens (tertiary/aromatic N) is 2. The van der Waals surface area contributed by atoms with Gasteiger partial charge in [0.1, 0.15) is 12.6 Å². The van der Waals surface area contributed by atoms with Crippen LogP contribution in [-0.4, -0.2) is 51.0 Å². The molecule has 0 radical (unpaired) electrons. The van der Waals surface area contributed by atoms with Crippen molar-refractivity contribution >= 4 is 39.1 Å². The second-order valence-corrected chi connectivity index (χ2v) is 10.4. The Balaban J connectivity index is 2.02. The van der Waals surface area contributed by atoms with Crippen molar-refractivity contribution in [3.8, 4) is 0 Å². The molecular weight excluding hydrogens is 486 g/mol. The van der Waals surface area contributed by atoms with Gasteiger partial charge in [-0.3, -0.25) is 13.9 Å². The molecule has 2 amide bonds. The number of hydrogen-bond donors (Lipinski definition) is 1. The standard InChI is InChI=1S/C26H28ClN3O4S/c1-28-26(32)24(17-20-11-5-3-6-12-20)29(18-21-13-9-10-16-23(21)27)25(31)19-30(35(2,33)34)22-14-7-4-8-15-22/h3-16,24H,17-19H2,1-2H3,(H,28,32). The van der Waals surface area contributed by atoms with Gasteiger partial charge in [-0.15, -0.1) is 0 Å². The maximum absolute atomic E-state index is 13.7. The minimum atomic E-state index is -3.78. The van der Waals surface area contributed by atoms with Crippen LogP contribution in [0.3, 0.4) is 0 Å². The molecule has 0 aromatic heterocycles. The number of sulfonamides is 1. The molecule has 1 unspecified atom stereocenters. The summed E-state index contributed by atoms with van der Waals surface area (Å²) in [6, 6.07) is 23.9. The van der Waals surface area contributed by atoms with Crippen molar-refractivity contribution in [1.82, 2.24) is 10.2 Å². The Bertz CT molecular complexity index is 1250. The molecule has 184 valence electrons. The monoisotopic (exact) mass is 513 g/mol. The van der Waals surface area contributed by atoms with Gasteiger partial charge in [-0.05, 0) is 29.3 Å². The van der Waals surface area contributed by atoms with Crippen molar-refractivity contribution in [3.05, 3.63) is 101 Å². The molecule has 9 heteroatoms. The number of amides is 2. The number of para-hydroxylation sites is 1. The third-order valence-electron chi connectivity index (χ3n) is 5.54. The van der Waals surface area contributed by atoms with E-state index >= 15 is 0 Å². The maximum atomic E-state index is 13.7. The van der Waals surface area contributed by atoms with Gasteiger partial charge >= 0.3 is 0 Å². The molecule has 1 N–H and O–H groups in total. The summed E-state index contributed by atoms with van der Waals surface area (Å²) in [4.78, 5) is 28.2. The average Bonchev–Trinajstić information content (AvgIpc) is 2.85. The lowest BCUT2D eigenvalue weighted by molar-refractivity contribution is -0.139. The lowest BCUT2D eigenvalue weighted by Gasteiger charge is -2.33. The molecule has 35 heavy (non-hydrogen) atoms. The lowest BCUT2D eigenvalue weighted by Crippen LogP contribution is -2.52. The minimum Gasteiger partial charge on any atom is -0.357 e. The van der Waals surface area contributed by atoms with Crippen molar-refractivity contribution < 1.29 is 18.0 Å². The van der Waals surface area contributed by atoms with Crippen LogP contribution in [0.15, 0.2) is 84.9 Å². The number of rotatable bonds is 10. The summed E-state index contributed by atoms with van der Waals surface area (Å²) in [7, 11) is -2.27. The van der Waals surface area contributed by atoms with Crippen LogP contribution in [-0.2, 0) is 32.6 Å². The number of benzene rings is 3. The summed E-state index contributed by atoms with van der Waals surface area (Å²) >= 11 is 6.38. The molecule has 7 nitrogen and oxygen atoms in total. The molecular formula is C26H28ClN3O4S. The van der Waals surface area contributed by atoms with Gasteiger partial charge in [-0.2, -0.15) is 0 Å². The Labute approximate surface area is 211 Å². The molecule has 0 spiro atoms. The molecule has 0 aliphatic heterocycles. The van der Waals surface area contributed by atoms with E-state index < -0.39 is 28.5 Å². The summed E-state index contributed by atoms with van der Waals surface area (Å²) in [6.45, 7) is -0.425. The van der Waals surface area contributed by atoms with Gasteiger partial charge in [-0.25, -0.2) is 8.42 Å². The summed E-state index contributed by atoms with van der Waals surface area (Å²) in [5, 5.41) is 3.09. The fourth-order valence-electron chi connectivity index (χ4n) is 3.74. The van der Waals surface area contributed by atoms with Gasteiger partial charge < -0.3 is 10.2 Å². The van der Waals surface area contributed by atoms with E-state index in [1.165, 1.54) is 11.9 Å². The number of hydrogen-bond acceptors (Lipinski definition) is 4. The zero-order valence-corrected chi connectivity index (χ0v) is 21.2. The Morgan fingerprint density at radius 2 is 1.49 bits per heavy atom. The molecule has 0 saturated heterocycles. The predicted octanol–water partition coefficient (Wildman–Crippen LogP) is 3.49. The summed E-state index contributed by atoms with van der Waals surface area (Å²) in [5.74, 6) is -0.886. The van der Waals surface area contributed by atoms with E-state index in [1.54, 1.807) is 54.6 Å². The highest BCUT2D eigenvalue weighted by atomic mass is 35.5. The van der Waals surface area contributed by atoms with Crippen molar-refractivity contribution in [1.29, 1.82) is 0 Å². The smallest absolute Gasteiger partial charge is 0.244 e. The largest absolute Gasteiger partial charge is 0.357 e. The summed E-state index contributed by atoms with van der Waals surface area (Å²) < 4.78 is 26.3. The van der Waals surface area contributed by atoms with Crippen molar-refractivity contribution in [2.24, 2.45) is 0 Å². The van der Waals surface area contributed by atoms with Gasteiger partial charge in [0.2, 0.25) is 21.8 Å². The first-order valence-electron chi connectivity index (χ1n) is 11.0. The molecule has 0 fully saturated rings. The van der Waals surface area contributed by atoms with E-state index in [2.05, 4.69) is 5.32 Å². The number of nitrogens with one attached hydrogen (secondary N) is 1. The van der Waals surface area contributed by atoms with E-state index in [-0.39, 0.29) is 18.9 Å². The van der Waals surface area contributed by atoms with Crippen LogP contribution in [0.2, 0.25) is 5.02 Å². The second-order valence-electron chi connectivity index (χ2n) is 8.04. The summed E-state index contributed by atoms with van der Waals surface area (Å²) in [6.07, 6.45) is 1.30. The predicted molar refractivity (Wildman–Crippen MR) is 139 cm³/mol. The van der Waals surface area contributed by atoms with Crippen molar-refractivity contribution in [3.63, 3.8) is 0 Å². The Kier molecular flexibility index (Phi) is 8.89. The molecule has 0 aliphatic rings. The fourth-order valence-corrected chi connectivity index (χ4v) is 4.78. The first-order valence-corrected chi connectivity index (χ1v) is 13.2. The maximum Gasteiger partial charge on any atom is 0.244 e. The molecule has 3 rings (SSSR count). The van der Waals surface area contributed by atoms with Crippen molar-refractivity contribution in [2.75, 3.05) is 24.2 Å². The van der Waals surface area contributed by atoms with Crippen molar-refractivity contribution in [2.45, 2.75) is 19.0 Å². The van der Waals surface area contributed by atoms with Crippen LogP contribution in [0, 0.1) is 0 Å². The van der Waals surface area contributed by atoms with Crippen LogP contribution in [0.5, 0.6) is 0 Å². The average molecular weight is 514 g/mol. The molecule has 0 bridgehead atoms. The summed E-state index contributed by atoms with van der Waals surface area (Å²) in [5.41, 5.74) is 1.87. The van der Waals surface area contributed by atoms with Crippen LogP contribution in [0.1, 0.15) is 11.1 Å². The van der Waals surface area contributed by atoms with Crippen LogP contribution < -0.4 is 9.62 Å². The Morgan fingerprint density at radius 3 is 2.06 bits per heavy atom. The van der Waals surface area contributed by atoms with Gasteiger partial charge in [0.15, 0.2) is 0 Å². The van der Waals surface area contributed by atoms with E-state index in [4.69, 9.17) is 11.6 Å². The van der Waals surface area contributed by atoms with Gasteiger partial charge in [0.25, 0.3) is 0 Å². The quantitative estimate of drug-likeness (QED) is 0.449. The van der Waals surface area contributed by atoms with E-state index in [0.29, 0.717) is 16.3 Å². The molecule has 0 saturated carbocycles. The number of likely N-dealkylation sites (N-methyl/N-ethyl adjacent to an activating group) is 1. The molecule has 0 heterocycles. The van der Waals surface area contributed by atoms with Crippen LogP contribution in [0.4, 0.5) is 5.69 Å². The number of carbonyl (C=O) groups excluding carboxylic acids is 2. The SMILES string of the molecule is CNC(=O)C(Cc1ccccc1)N(Cc1ccccc1Cl)C(=O)CN(c1ccccc1)S(C)(=O)=O. The zero-order chi connectivity index (χ0) is 25.4. The van der Waals surface area contributed by atoms with Gasteiger partial charge in [-0.1, -0.05) is 78.3 Å². The lowest BCUT2D eigenvalue weighted by atomic mass is 10.0. The normalized spacial score (nSPS) is 12.0. The third-order valence-corrected chi connectivity index (χ3v) is 7.05. The molecule has 1 atom stereocenters. The number of anilines is 1. The van der Waals surface area contributed by atoms with Gasteiger partial charge in [0.05, 0.1) is 11.9 Å². The highest BCUT2D eigenvalue weighted by Gasteiger charge is 2.32. The van der Waals surface area contributed by atoms with E-state index in [9.17, 15) is 18.0 Å². The van der Waals surface area contributed by atoms with Crippen LogP contribution >= 0.6 is 11.6 Å². The minimum absolute atomic E-state index is 0.0375. The first kappa shape index (κ1) is 26.2. The molecule has 3 aromatic carbocycles. The number of halogens is 1. The Morgan fingerprint density at radius 1 is 0.914 bits per heavy atom. The van der Waals surface area contributed by atoms with E-state index in [1.807, 2.05) is 30.3 Å². The highest BCUT2D eigenvalue weighted by molar-refractivity contribution is 7.92. The number of carbonyl (C=O) groups is 2. The third kappa shape index (κ3) is 7.07. The molecule has 0 aliphatic carbocycles. The highest BCUT2D eigenvalue weighted by Crippen LogP contribution is 2.22. The van der Waals surface area contributed by atoms with E-state index in [0.717, 1.165) is 16.1 Å². The van der Waals surface area contributed by atoms with Crippen LogP contribution in [0.25, 0.3) is 0 Å².